The van der Waals surface area contributed by atoms with E-state index in [1.807, 2.05) is 23.1 Å². The molecule has 60 heavy (non-hydrogen) atoms. The Labute approximate surface area is 344 Å². The van der Waals surface area contributed by atoms with Crippen LogP contribution in [0.5, 0.6) is 0 Å². The lowest BCUT2D eigenvalue weighted by Gasteiger charge is -2.39. The summed E-state index contributed by atoms with van der Waals surface area (Å²) in [4.78, 5) is 99.0. The van der Waals surface area contributed by atoms with Gasteiger partial charge in [-0.05, 0) is 86.7 Å². The number of halogens is 1. The number of amides is 6. The van der Waals surface area contributed by atoms with Crippen molar-refractivity contribution < 1.29 is 33.2 Å². The lowest BCUT2D eigenvalue weighted by atomic mass is 9.94. The second-order valence-corrected chi connectivity index (χ2v) is 16.5. The molecule has 0 spiro atoms. The van der Waals surface area contributed by atoms with Gasteiger partial charge in [0, 0.05) is 75.6 Å². The molecule has 6 amide bonds. The molecule has 5 aliphatic rings. The molecule has 4 saturated heterocycles. The number of anilines is 1. The Morgan fingerprint density at radius 2 is 1.50 bits per heavy atom. The van der Waals surface area contributed by atoms with Crippen molar-refractivity contribution in [3.05, 3.63) is 105 Å². The summed E-state index contributed by atoms with van der Waals surface area (Å²) in [5.74, 6) is -2.71. The van der Waals surface area contributed by atoms with Crippen LogP contribution in [0.1, 0.15) is 74.4 Å². The van der Waals surface area contributed by atoms with Crippen LogP contribution in [0, 0.1) is 17.7 Å². The molecule has 4 aromatic rings. The van der Waals surface area contributed by atoms with Crippen LogP contribution in [0.4, 0.5) is 10.1 Å². The molecule has 0 saturated carbocycles. The van der Waals surface area contributed by atoms with E-state index in [2.05, 4.69) is 25.3 Å². The van der Waals surface area contributed by atoms with Crippen molar-refractivity contribution in [1.29, 1.82) is 0 Å². The van der Waals surface area contributed by atoms with Gasteiger partial charge in [0.2, 0.25) is 17.7 Å². The van der Waals surface area contributed by atoms with Crippen LogP contribution in [0.25, 0.3) is 10.8 Å². The molecular formula is C44H45FN8O7. The van der Waals surface area contributed by atoms with E-state index >= 15 is 4.39 Å². The zero-order valence-corrected chi connectivity index (χ0v) is 33.0. The highest BCUT2D eigenvalue weighted by atomic mass is 19.1. The first kappa shape index (κ1) is 39.2. The lowest BCUT2D eigenvalue weighted by Crippen LogP contribution is -2.54. The quantitative estimate of drug-likeness (QED) is 0.252. The molecular weight excluding hydrogens is 772 g/mol. The molecule has 5 aliphatic heterocycles. The highest BCUT2D eigenvalue weighted by molar-refractivity contribution is 6.23. The fraction of sp³-hybridized carbons (Fsp3) is 0.409. The number of piperidine rings is 2. The maximum absolute atomic E-state index is 15.1. The summed E-state index contributed by atoms with van der Waals surface area (Å²) in [5, 5.41) is 10.2. The number of carbonyl (C=O) groups excluding carboxylic acids is 6. The van der Waals surface area contributed by atoms with Crippen LogP contribution in [-0.2, 0) is 20.8 Å². The first-order valence-corrected chi connectivity index (χ1v) is 20.7. The smallest absolute Gasteiger partial charge is 0.272 e. The maximum Gasteiger partial charge on any atom is 0.272 e. The maximum atomic E-state index is 15.1. The van der Waals surface area contributed by atoms with Crippen molar-refractivity contribution in [1.82, 2.24) is 35.1 Å². The average molecular weight is 817 g/mol. The van der Waals surface area contributed by atoms with Crippen LogP contribution in [-0.4, -0.2) is 130 Å². The number of H-pyrrole nitrogens is 1. The topological polar surface area (TPSA) is 176 Å². The summed E-state index contributed by atoms with van der Waals surface area (Å²) in [6.45, 7) is 5.47. The molecule has 3 aromatic carbocycles. The molecule has 310 valence electrons. The third-order valence-electron chi connectivity index (χ3n) is 12.8. The van der Waals surface area contributed by atoms with Gasteiger partial charge in [0.05, 0.1) is 27.8 Å². The molecule has 4 fully saturated rings. The number of likely N-dealkylation sites (tertiary alicyclic amines) is 1. The zero-order chi connectivity index (χ0) is 41.7. The van der Waals surface area contributed by atoms with Crippen LogP contribution in [0.15, 0.2) is 65.5 Å². The Bertz CT molecular complexity index is 2490. The number of imide groups is 2. The van der Waals surface area contributed by atoms with Crippen molar-refractivity contribution in [3.8, 4) is 0 Å². The molecule has 2 N–H and O–H groups in total. The third kappa shape index (κ3) is 7.44. The molecule has 16 heteroatoms. The monoisotopic (exact) mass is 816 g/mol. The minimum absolute atomic E-state index is 0.0315. The molecule has 2 atom stereocenters. The first-order valence-electron chi connectivity index (χ1n) is 20.7. The van der Waals surface area contributed by atoms with Gasteiger partial charge in [-0.25, -0.2) is 9.49 Å². The molecule has 1 unspecified atom stereocenters. The summed E-state index contributed by atoms with van der Waals surface area (Å²) in [5.41, 5.74) is 2.37. The summed E-state index contributed by atoms with van der Waals surface area (Å²) in [6.07, 6.45) is 2.94. The SMILES string of the molecule is O=C1CCC(N2C(=O)c3ccc(N4CC[C@H](CN5CCC(C(=O)N6CCN(C(=O)c7cc(Cc8n[nH]c(=O)c9ccccc89)ccc7F)CC6)CC5)C4)cc3C2=O)C(=O)N1. The second kappa shape index (κ2) is 16.0. The average Bonchev–Trinajstić information content (AvgIpc) is 3.83. The van der Waals surface area contributed by atoms with Crippen LogP contribution >= 0.6 is 0 Å². The van der Waals surface area contributed by atoms with Crippen molar-refractivity contribution in [2.75, 3.05) is 63.8 Å². The van der Waals surface area contributed by atoms with E-state index in [-0.39, 0.29) is 46.9 Å². The Hall–Kier alpha value is -6.29. The molecule has 0 bridgehead atoms. The Morgan fingerprint density at radius 1 is 0.767 bits per heavy atom. The lowest BCUT2D eigenvalue weighted by molar-refractivity contribution is -0.139. The molecule has 15 nitrogen and oxygen atoms in total. The number of aromatic amines is 1. The van der Waals surface area contributed by atoms with Gasteiger partial charge in [0.1, 0.15) is 11.9 Å². The van der Waals surface area contributed by atoms with Gasteiger partial charge in [-0.1, -0.05) is 24.3 Å². The standard InChI is InChI=1S/C44H45FN8O7/c45-35-8-5-26(22-36-30-3-1-2-4-31(30)39(55)48-47-36)21-34(35)42(58)51-19-17-50(18-20-51)41(57)28-12-14-49(15-13-28)24-27-11-16-52(25-27)29-6-7-32-33(23-29)44(60)53(43(32)59)37-9-10-38(54)46-40(37)56/h1-8,21,23,27-28,37H,9-20,22,24-25H2,(H,48,55)(H,46,54,56)/t27-,37?/m1/s1. The van der Waals surface area contributed by atoms with E-state index in [1.54, 1.807) is 41.3 Å². The molecule has 0 aliphatic carbocycles. The minimum Gasteiger partial charge on any atom is -0.371 e. The van der Waals surface area contributed by atoms with E-state index in [9.17, 15) is 33.6 Å². The predicted octanol–water partition coefficient (Wildman–Crippen LogP) is 2.58. The van der Waals surface area contributed by atoms with Gasteiger partial charge >= 0.3 is 0 Å². The van der Waals surface area contributed by atoms with Crippen LogP contribution in [0.2, 0.25) is 0 Å². The first-order chi connectivity index (χ1) is 29.0. The summed E-state index contributed by atoms with van der Waals surface area (Å²) in [6, 6.07) is 15.8. The summed E-state index contributed by atoms with van der Waals surface area (Å²) in [7, 11) is 0. The van der Waals surface area contributed by atoms with Crippen molar-refractivity contribution in [3.63, 3.8) is 0 Å². The van der Waals surface area contributed by atoms with Crippen LogP contribution < -0.4 is 15.8 Å². The second-order valence-electron chi connectivity index (χ2n) is 16.5. The highest BCUT2D eigenvalue weighted by Crippen LogP contribution is 2.33. The third-order valence-corrected chi connectivity index (χ3v) is 12.8. The summed E-state index contributed by atoms with van der Waals surface area (Å²) >= 11 is 0. The Morgan fingerprint density at radius 3 is 2.27 bits per heavy atom. The molecule has 1 aromatic heterocycles. The largest absolute Gasteiger partial charge is 0.371 e. The number of piperazine rings is 1. The number of nitrogens with zero attached hydrogens (tertiary/aromatic N) is 6. The summed E-state index contributed by atoms with van der Waals surface area (Å²) < 4.78 is 15.1. The number of hydrogen-bond acceptors (Lipinski definition) is 10. The predicted molar refractivity (Wildman–Crippen MR) is 217 cm³/mol. The van der Waals surface area contributed by atoms with Crippen molar-refractivity contribution >= 4 is 51.9 Å². The van der Waals surface area contributed by atoms with Gasteiger partial charge in [-0.3, -0.25) is 43.8 Å². The number of hydrogen-bond donors (Lipinski definition) is 2. The van der Waals surface area contributed by atoms with E-state index in [1.165, 1.54) is 6.07 Å². The number of rotatable bonds is 8. The highest BCUT2D eigenvalue weighted by Gasteiger charge is 2.45. The van der Waals surface area contributed by atoms with E-state index in [0.717, 1.165) is 62.6 Å². The fourth-order valence-corrected chi connectivity index (χ4v) is 9.50. The van der Waals surface area contributed by atoms with Gasteiger partial charge in [-0.2, -0.15) is 5.10 Å². The van der Waals surface area contributed by atoms with Gasteiger partial charge in [0.15, 0.2) is 0 Å². The number of carbonyl (C=O) groups is 6. The Kier molecular flexibility index (Phi) is 10.5. The van der Waals surface area contributed by atoms with E-state index < -0.39 is 41.4 Å². The van der Waals surface area contributed by atoms with Crippen molar-refractivity contribution in [2.24, 2.45) is 11.8 Å². The fourth-order valence-electron chi connectivity index (χ4n) is 9.50. The normalized spacial score (nSPS) is 21.6. The zero-order valence-electron chi connectivity index (χ0n) is 33.0. The van der Waals surface area contributed by atoms with E-state index in [0.29, 0.717) is 60.5 Å². The number of fused-ring (bicyclic) bond motifs is 2. The number of nitrogens with one attached hydrogen (secondary N) is 2. The molecule has 6 heterocycles. The number of benzene rings is 3. The molecule has 0 radical (unpaired) electrons. The molecule has 9 rings (SSSR count). The van der Waals surface area contributed by atoms with Gasteiger partial charge in [-0.15, -0.1) is 0 Å². The van der Waals surface area contributed by atoms with E-state index in [4.69, 9.17) is 0 Å². The minimum atomic E-state index is -1.000. The van der Waals surface area contributed by atoms with Gasteiger partial charge in [0.25, 0.3) is 23.3 Å². The Balaban J connectivity index is 0.740. The number of aromatic nitrogens is 2. The van der Waals surface area contributed by atoms with Crippen molar-refractivity contribution in [2.45, 2.75) is 44.6 Å². The van der Waals surface area contributed by atoms with Crippen LogP contribution in [0.3, 0.4) is 0 Å². The van der Waals surface area contributed by atoms with Gasteiger partial charge < -0.3 is 19.6 Å².